The van der Waals surface area contributed by atoms with Gasteiger partial charge in [0.2, 0.25) is 5.95 Å². The number of nitrogens with zero attached hydrogens (tertiary/aromatic N) is 5. The summed E-state index contributed by atoms with van der Waals surface area (Å²) in [6.45, 7) is 8.18. The molecule has 3 heterocycles. The summed E-state index contributed by atoms with van der Waals surface area (Å²) in [5.41, 5.74) is -0.0746. The van der Waals surface area contributed by atoms with Crippen molar-refractivity contribution in [2.24, 2.45) is 5.92 Å². The molecular weight excluding hydrogens is 567 g/mol. The maximum absolute atomic E-state index is 13.8. The van der Waals surface area contributed by atoms with Crippen molar-refractivity contribution in [1.82, 2.24) is 15.0 Å². The minimum atomic E-state index is -4.88. The van der Waals surface area contributed by atoms with Gasteiger partial charge in [-0.1, -0.05) is 13.8 Å². The second-order valence-electron chi connectivity index (χ2n) is 9.85. The summed E-state index contributed by atoms with van der Waals surface area (Å²) in [7, 11) is -3.59. The number of piperazine rings is 1. The number of alkyl halides is 3. The van der Waals surface area contributed by atoms with Crippen LogP contribution in [0.25, 0.3) is 10.6 Å². The van der Waals surface area contributed by atoms with E-state index in [1.807, 2.05) is 37.1 Å². The molecule has 14 heteroatoms. The van der Waals surface area contributed by atoms with Gasteiger partial charge in [0.25, 0.3) is 0 Å². The van der Waals surface area contributed by atoms with E-state index in [1.165, 1.54) is 18.3 Å². The zero-order valence-corrected chi connectivity index (χ0v) is 24.3. The maximum Gasteiger partial charge on any atom is 0.434 e. The lowest BCUT2D eigenvalue weighted by Crippen LogP contribution is -2.56. The third-order valence-corrected chi connectivity index (χ3v) is 8.69. The molecule has 1 saturated heterocycles. The number of benzene rings is 1. The van der Waals surface area contributed by atoms with Crippen LogP contribution in [0.1, 0.15) is 42.5 Å². The third-order valence-electron chi connectivity index (χ3n) is 6.56. The Labute approximate surface area is 235 Å². The summed E-state index contributed by atoms with van der Waals surface area (Å²) in [4.78, 5) is 28.3. The first-order valence-corrected chi connectivity index (χ1v) is 15.4. The number of hydrogen-bond acceptors (Lipinski definition) is 10. The molecule has 3 aromatic rings. The maximum atomic E-state index is 13.8. The van der Waals surface area contributed by atoms with E-state index in [1.54, 1.807) is 17.0 Å². The number of halogens is 3. The minimum Gasteiger partial charge on any atom is -0.462 e. The lowest BCUT2D eigenvalue weighted by Gasteiger charge is -2.44. The van der Waals surface area contributed by atoms with Crippen molar-refractivity contribution in [3.8, 4) is 10.6 Å². The predicted molar refractivity (Wildman–Crippen MR) is 147 cm³/mol. The summed E-state index contributed by atoms with van der Waals surface area (Å²) in [5, 5.41) is 2.46. The summed E-state index contributed by atoms with van der Waals surface area (Å²) in [5.74, 6) is -1.29. The van der Waals surface area contributed by atoms with Crippen molar-refractivity contribution in [3.63, 3.8) is 0 Å². The quantitative estimate of drug-likeness (QED) is 0.353. The fraction of sp³-hybridized carbons (Fsp3) is 0.462. The van der Waals surface area contributed by atoms with Gasteiger partial charge in [0.1, 0.15) is 10.6 Å². The van der Waals surface area contributed by atoms with Crippen molar-refractivity contribution < 1.29 is 31.1 Å². The molecule has 1 aliphatic rings. The van der Waals surface area contributed by atoms with Gasteiger partial charge in [0.15, 0.2) is 15.5 Å². The van der Waals surface area contributed by atoms with Crippen LogP contribution >= 0.6 is 11.3 Å². The lowest BCUT2D eigenvalue weighted by molar-refractivity contribution is -0.141. The Morgan fingerprint density at radius 1 is 1.23 bits per heavy atom. The van der Waals surface area contributed by atoms with Crippen LogP contribution in [-0.2, 0) is 20.8 Å². The number of thiazole rings is 1. The second-order valence-corrected chi connectivity index (χ2v) is 12.7. The van der Waals surface area contributed by atoms with E-state index in [0.29, 0.717) is 29.3 Å². The van der Waals surface area contributed by atoms with Gasteiger partial charge in [-0.05, 0) is 38.0 Å². The Kier molecular flexibility index (Phi) is 8.41. The third kappa shape index (κ3) is 6.22. The molecule has 9 nitrogen and oxygen atoms in total. The van der Waals surface area contributed by atoms with Crippen LogP contribution in [0.15, 0.2) is 34.7 Å². The van der Waals surface area contributed by atoms with Crippen LogP contribution in [0.3, 0.4) is 0 Å². The van der Waals surface area contributed by atoms with Crippen LogP contribution in [-0.4, -0.2) is 67.9 Å². The number of aromatic nitrogens is 3. The molecule has 0 spiro atoms. The molecule has 2 aromatic heterocycles. The molecule has 0 amide bonds. The average molecular weight is 598 g/mol. The van der Waals surface area contributed by atoms with Gasteiger partial charge >= 0.3 is 12.1 Å². The molecule has 0 unspecified atom stereocenters. The smallest absolute Gasteiger partial charge is 0.434 e. The van der Waals surface area contributed by atoms with E-state index in [-0.39, 0.29) is 36.0 Å². The molecule has 1 atom stereocenters. The highest BCUT2D eigenvalue weighted by Crippen LogP contribution is 2.36. The van der Waals surface area contributed by atoms with Gasteiger partial charge in [0, 0.05) is 54.4 Å². The molecule has 0 aliphatic carbocycles. The first-order chi connectivity index (χ1) is 18.7. The highest BCUT2D eigenvalue weighted by molar-refractivity contribution is 7.90. The molecule has 0 N–H and O–H groups in total. The van der Waals surface area contributed by atoms with Crippen molar-refractivity contribution in [1.29, 1.82) is 0 Å². The average Bonchev–Trinajstić information content (AvgIpc) is 3.32. The van der Waals surface area contributed by atoms with Gasteiger partial charge in [-0.3, -0.25) is 0 Å². The SMILES string of the molecule is CCOC(=O)c1cnc(N2CCN(c3ccc(-c4nc(C)cs4)c(S(C)(=O)=O)c3)C[C@H]2C(C)C)nc1C(F)(F)F. The second kappa shape index (κ2) is 11.3. The molecule has 1 aliphatic heterocycles. The Morgan fingerprint density at radius 2 is 1.95 bits per heavy atom. The van der Waals surface area contributed by atoms with E-state index >= 15 is 0 Å². The summed E-state index contributed by atoms with van der Waals surface area (Å²) >= 11 is 1.37. The zero-order valence-electron chi connectivity index (χ0n) is 22.7. The van der Waals surface area contributed by atoms with E-state index in [9.17, 15) is 26.4 Å². The van der Waals surface area contributed by atoms with E-state index in [2.05, 4.69) is 15.0 Å². The van der Waals surface area contributed by atoms with Crippen molar-refractivity contribution >= 4 is 38.8 Å². The van der Waals surface area contributed by atoms with Crippen LogP contribution in [0.5, 0.6) is 0 Å². The number of sulfone groups is 1. The fourth-order valence-electron chi connectivity index (χ4n) is 4.62. The van der Waals surface area contributed by atoms with Crippen LogP contribution in [0.4, 0.5) is 24.8 Å². The number of rotatable bonds is 7. The molecule has 40 heavy (non-hydrogen) atoms. The number of carbonyl (C=O) groups is 1. The van der Waals surface area contributed by atoms with Gasteiger partial charge in [-0.15, -0.1) is 11.3 Å². The molecule has 1 fully saturated rings. The van der Waals surface area contributed by atoms with E-state index in [4.69, 9.17) is 4.74 Å². The van der Waals surface area contributed by atoms with E-state index < -0.39 is 33.2 Å². The largest absolute Gasteiger partial charge is 0.462 e. The summed E-state index contributed by atoms with van der Waals surface area (Å²) in [6, 6.07) is 4.90. The van der Waals surface area contributed by atoms with Crippen molar-refractivity contribution in [3.05, 3.63) is 46.7 Å². The van der Waals surface area contributed by atoms with Gasteiger partial charge < -0.3 is 14.5 Å². The van der Waals surface area contributed by atoms with Crippen LogP contribution < -0.4 is 9.80 Å². The monoisotopic (exact) mass is 597 g/mol. The van der Waals surface area contributed by atoms with Crippen LogP contribution in [0.2, 0.25) is 0 Å². The summed E-state index contributed by atoms with van der Waals surface area (Å²) in [6.07, 6.45) is -2.86. The number of aryl methyl sites for hydroxylation is 1. The molecule has 1 aromatic carbocycles. The number of esters is 1. The van der Waals surface area contributed by atoms with Gasteiger partial charge in [-0.2, -0.15) is 13.2 Å². The Balaban J connectivity index is 1.67. The molecule has 0 saturated carbocycles. The Morgan fingerprint density at radius 3 is 2.52 bits per heavy atom. The number of carbonyl (C=O) groups excluding carboxylic acids is 1. The Hall–Kier alpha value is -3.26. The molecule has 216 valence electrons. The van der Waals surface area contributed by atoms with Gasteiger partial charge in [0.05, 0.1) is 17.5 Å². The molecular formula is C26H30F3N5O4S2. The van der Waals surface area contributed by atoms with E-state index in [0.717, 1.165) is 18.1 Å². The molecule has 0 radical (unpaired) electrons. The normalized spacial score (nSPS) is 16.5. The minimum absolute atomic E-state index is 0.0163. The first-order valence-electron chi connectivity index (χ1n) is 12.6. The van der Waals surface area contributed by atoms with Crippen LogP contribution in [0, 0.1) is 12.8 Å². The number of hydrogen-bond donors (Lipinski definition) is 0. The van der Waals surface area contributed by atoms with Crippen molar-refractivity contribution in [2.75, 3.05) is 42.3 Å². The fourth-order valence-corrected chi connectivity index (χ4v) is 6.42. The number of ether oxygens (including phenoxy) is 1. The van der Waals surface area contributed by atoms with Gasteiger partial charge in [-0.25, -0.2) is 28.2 Å². The first kappa shape index (κ1) is 29.7. The highest BCUT2D eigenvalue weighted by atomic mass is 32.2. The summed E-state index contributed by atoms with van der Waals surface area (Å²) < 4.78 is 71.7. The standard InChI is InChI=1S/C26H30F3N5O4S2/c1-6-38-24(35)19-12-30-25(32-22(19)26(27,28)29)34-10-9-33(13-20(34)15(2)3)17-7-8-18(21(11-17)40(5,36)37)23-31-16(4)14-39-23/h7-8,11-12,14-15,20H,6,9-10,13H2,1-5H3/t20-/m0/s1. The number of anilines is 2. The topological polar surface area (TPSA) is 106 Å². The predicted octanol–water partition coefficient (Wildman–Crippen LogP) is 4.86. The molecule has 4 rings (SSSR count). The van der Waals surface area contributed by atoms with Crippen molar-refractivity contribution in [2.45, 2.75) is 44.8 Å². The Bertz CT molecular complexity index is 1510. The lowest BCUT2D eigenvalue weighted by atomic mass is 9.99. The highest BCUT2D eigenvalue weighted by Gasteiger charge is 2.40. The molecule has 0 bridgehead atoms. The zero-order chi connectivity index (χ0) is 29.4.